The zero-order valence-electron chi connectivity index (χ0n) is 18.6. The molecule has 176 valence electrons. The molecule has 0 saturated carbocycles. The summed E-state index contributed by atoms with van der Waals surface area (Å²) in [5, 5.41) is 10.6. The fourth-order valence-corrected chi connectivity index (χ4v) is 4.67. The molecule has 0 bridgehead atoms. The lowest BCUT2D eigenvalue weighted by molar-refractivity contribution is -0.148. The largest absolute Gasteiger partial charge is 0.490 e. The Hall–Kier alpha value is -3.38. The zero-order chi connectivity index (χ0) is 24.3. The van der Waals surface area contributed by atoms with Crippen LogP contribution in [0.2, 0.25) is 5.02 Å². The first kappa shape index (κ1) is 23.8. The van der Waals surface area contributed by atoms with Gasteiger partial charge in [-0.2, -0.15) is 0 Å². The highest BCUT2D eigenvalue weighted by molar-refractivity contribution is 6.30. The molecule has 34 heavy (non-hydrogen) atoms. The minimum absolute atomic E-state index is 0.0487. The van der Waals surface area contributed by atoms with E-state index in [0.29, 0.717) is 11.4 Å². The van der Waals surface area contributed by atoms with Crippen molar-refractivity contribution in [3.63, 3.8) is 0 Å². The van der Waals surface area contributed by atoms with Gasteiger partial charge in [0.15, 0.2) is 23.1 Å². The first-order valence-corrected chi connectivity index (χ1v) is 11.3. The fraction of sp³-hybridized carbons (Fsp3) is 0.259. The molecule has 4 rings (SSSR count). The van der Waals surface area contributed by atoms with E-state index < -0.39 is 23.0 Å². The second-order valence-electron chi connectivity index (χ2n) is 8.53. The lowest BCUT2D eigenvalue weighted by Crippen LogP contribution is -2.34. The summed E-state index contributed by atoms with van der Waals surface area (Å²) in [5.74, 6) is -2.26. The number of benzene rings is 3. The quantitative estimate of drug-likeness (QED) is 0.405. The number of carbonyl (C=O) groups is 2. The van der Waals surface area contributed by atoms with Gasteiger partial charge in [-0.15, -0.1) is 0 Å². The Morgan fingerprint density at radius 1 is 1.06 bits per heavy atom. The smallest absolute Gasteiger partial charge is 0.310 e. The van der Waals surface area contributed by atoms with E-state index in [2.05, 4.69) is 0 Å². The van der Waals surface area contributed by atoms with Crippen molar-refractivity contribution in [2.75, 3.05) is 13.7 Å². The van der Waals surface area contributed by atoms with E-state index in [4.69, 9.17) is 21.1 Å². The summed E-state index contributed by atoms with van der Waals surface area (Å²) in [7, 11) is 1.32. The molecule has 3 aromatic carbocycles. The maximum absolute atomic E-state index is 14.8. The standard InChI is InChI=1S/C27H24ClFO5/c1-33-25-22(29)12-20(13-24(25)34-10-9-17-5-4-8-21(28)11-17)23(30)16-27(26(31)32)14-18-6-2-3-7-19(18)15-27/h2-8,11-13H,9-10,14-16H2,1H3,(H,31,32). The highest BCUT2D eigenvalue weighted by atomic mass is 35.5. The number of methoxy groups -OCH3 is 1. The molecule has 0 heterocycles. The van der Waals surface area contributed by atoms with Crippen LogP contribution >= 0.6 is 11.6 Å². The minimum atomic E-state index is -1.26. The molecule has 1 aliphatic rings. The Bertz CT molecular complexity index is 1210. The summed E-state index contributed by atoms with van der Waals surface area (Å²) in [6, 6.07) is 17.3. The Kier molecular flexibility index (Phi) is 6.89. The number of halogens is 2. The maximum atomic E-state index is 14.8. The van der Waals surface area contributed by atoms with Crippen molar-refractivity contribution in [1.29, 1.82) is 0 Å². The van der Waals surface area contributed by atoms with Gasteiger partial charge in [-0.1, -0.05) is 48.0 Å². The number of carboxylic acid groups (broad SMARTS) is 1. The van der Waals surface area contributed by atoms with Crippen molar-refractivity contribution in [1.82, 2.24) is 0 Å². The summed E-state index contributed by atoms with van der Waals surface area (Å²) in [5.41, 5.74) is 1.58. The van der Waals surface area contributed by atoms with Crippen molar-refractivity contribution in [2.24, 2.45) is 5.41 Å². The lowest BCUT2D eigenvalue weighted by atomic mass is 9.79. The molecular weight excluding hydrogens is 459 g/mol. The number of hydrogen-bond acceptors (Lipinski definition) is 4. The van der Waals surface area contributed by atoms with Gasteiger partial charge in [0.2, 0.25) is 0 Å². The average molecular weight is 483 g/mol. The van der Waals surface area contributed by atoms with Gasteiger partial charge in [0.1, 0.15) is 0 Å². The van der Waals surface area contributed by atoms with E-state index >= 15 is 0 Å². The number of fused-ring (bicyclic) bond motifs is 1. The summed E-state index contributed by atoms with van der Waals surface area (Å²) in [4.78, 5) is 25.4. The maximum Gasteiger partial charge on any atom is 0.310 e. The van der Waals surface area contributed by atoms with Crippen LogP contribution in [0, 0.1) is 11.2 Å². The van der Waals surface area contributed by atoms with E-state index in [-0.39, 0.29) is 42.9 Å². The van der Waals surface area contributed by atoms with Crippen molar-refractivity contribution in [2.45, 2.75) is 25.7 Å². The Morgan fingerprint density at radius 2 is 1.76 bits per heavy atom. The second-order valence-corrected chi connectivity index (χ2v) is 8.96. The van der Waals surface area contributed by atoms with Crippen molar-refractivity contribution in [3.8, 4) is 11.5 Å². The number of hydrogen-bond donors (Lipinski definition) is 1. The number of rotatable bonds is 9. The number of ether oxygens (including phenoxy) is 2. The first-order valence-electron chi connectivity index (χ1n) is 10.9. The molecule has 7 heteroatoms. The summed E-state index contributed by atoms with van der Waals surface area (Å²) in [6.45, 7) is 0.210. The van der Waals surface area contributed by atoms with Gasteiger partial charge in [0.05, 0.1) is 19.1 Å². The summed E-state index contributed by atoms with van der Waals surface area (Å²) >= 11 is 6.01. The van der Waals surface area contributed by atoms with Crippen molar-refractivity contribution in [3.05, 3.63) is 93.8 Å². The molecule has 0 saturated heterocycles. The number of carbonyl (C=O) groups excluding carboxylic acids is 1. The van der Waals surface area contributed by atoms with E-state index in [0.717, 1.165) is 22.8 Å². The van der Waals surface area contributed by atoms with Gasteiger partial charge >= 0.3 is 5.97 Å². The van der Waals surface area contributed by atoms with Crippen molar-refractivity contribution >= 4 is 23.4 Å². The Morgan fingerprint density at radius 3 is 2.38 bits per heavy atom. The van der Waals surface area contributed by atoms with Crippen LogP contribution in [-0.4, -0.2) is 30.6 Å². The van der Waals surface area contributed by atoms with E-state index in [9.17, 15) is 19.1 Å². The molecule has 5 nitrogen and oxygen atoms in total. The van der Waals surface area contributed by atoms with Gasteiger partial charge in [0.25, 0.3) is 0 Å². The fourth-order valence-electron chi connectivity index (χ4n) is 4.46. The highest BCUT2D eigenvalue weighted by Gasteiger charge is 2.45. The predicted octanol–water partition coefficient (Wildman–Crippen LogP) is 5.55. The molecule has 0 amide bonds. The molecule has 0 atom stereocenters. The van der Waals surface area contributed by atoms with Crippen LogP contribution in [0.4, 0.5) is 4.39 Å². The third-order valence-electron chi connectivity index (χ3n) is 6.20. The number of aliphatic carboxylic acids is 1. The SMILES string of the molecule is COc1c(F)cc(C(=O)CC2(C(=O)O)Cc3ccccc3C2)cc1OCCc1cccc(Cl)c1. The van der Waals surface area contributed by atoms with Gasteiger partial charge in [-0.25, -0.2) is 4.39 Å². The molecular formula is C27H24ClFO5. The molecule has 0 fully saturated rings. The third-order valence-corrected chi connectivity index (χ3v) is 6.44. The van der Waals surface area contributed by atoms with Gasteiger partial charge in [0, 0.05) is 23.4 Å². The number of ketones is 1. The third kappa shape index (κ3) is 4.92. The Labute approximate surface area is 202 Å². The minimum Gasteiger partial charge on any atom is -0.490 e. The van der Waals surface area contributed by atoms with Crippen LogP contribution in [0.15, 0.2) is 60.7 Å². The lowest BCUT2D eigenvalue weighted by Gasteiger charge is -2.23. The van der Waals surface area contributed by atoms with Gasteiger partial charge in [-0.05, 0) is 53.8 Å². The summed E-state index contributed by atoms with van der Waals surface area (Å²) in [6.07, 6.45) is 0.784. The molecule has 1 N–H and O–H groups in total. The average Bonchev–Trinajstić information content (AvgIpc) is 3.18. The second kappa shape index (κ2) is 9.85. The van der Waals surface area contributed by atoms with Gasteiger partial charge in [-0.3, -0.25) is 9.59 Å². The normalized spacial score (nSPS) is 13.9. The molecule has 3 aromatic rings. The van der Waals surface area contributed by atoms with Crippen LogP contribution < -0.4 is 9.47 Å². The van der Waals surface area contributed by atoms with Crippen LogP contribution in [0.5, 0.6) is 11.5 Å². The zero-order valence-corrected chi connectivity index (χ0v) is 19.4. The summed E-state index contributed by atoms with van der Waals surface area (Å²) < 4.78 is 25.7. The predicted molar refractivity (Wildman–Crippen MR) is 126 cm³/mol. The molecule has 0 aromatic heterocycles. The van der Waals surface area contributed by atoms with Crippen molar-refractivity contribution < 1.29 is 28.6 Å². The van der Waals surface area contributed by atoms with E-state index in [1.165, 1.54) is 13.2 Å². The van der Waals surface area contributed by atoms with Crippen LogP contribution in [0.1, 0.15) is 33.5 Å². The molecule has 0 aliphatic heterocycles. The van der Waals surface area contributed by atoms with E-state index in [1.807, 2.05) is 42.5 Å². The molecule has 0 unspecified atom stereocenters. The molecule has 0 radical (unpaired) electrons. The van der Waals surface area contributed by atoms with Crippen LogP contribution in [0.25, 0.3) is 0 Å². The van der Waals surface area contributed by atoms with Gasteiger partial charge < -0.3 is 14.6 Å². The molecule has 0 spiro atoms. The monoisotopic (exact) mass is 482 g/mol. The topological polar surface area (TPSA) is 72.8 Å². The van der Waals surface area contributed by atoms with E-state index in [1.54, 1.807) is 6.07 Å². The van der Waals surface area contributed by atoms with Crippen LogP contribution in [0.3, 0.4) is 0 Å². The first-order chi connectivity index (χ1) is 16.3. The van der Waals surface area contributed by atoms with Crippen LogP contribution in [-0.2, 0) is 24.1 Å². The number of Topliss-reactive ketones (excluding diaryl/α,β-unsaturated/α-hetero) is 1. The Balaban J connectivity index is 1.53. The number of carboxylic acids is 1. The highest BCUT2D eigenvalue weighted by Crippen LogP contribution is 2.41. The molecule has 1 aliphatic carbocycles.